The molecule has 1 aromatic heterocycles. The Morgan fingerprint density at radius 3 is 2.62 bits per heavy atom. The van der Waals surface area contributed by atoms with Crippen molar-refractivity contribution in [1.29, 1.82) is 0 Å². The number of hydrogen-bond donors (Lipinski definition) is 2. The van der Waals surface area contributed by atoms with Crippen molar-refractivity contribution in [2.24, 2.45) is 0 Å². The van der Waals surface area contributed by atoms with Crippen LogP contribution in [0.1, 0.15) is 18.4 Å². The van der Waals surface area contributed by atoms with Gasteiger partial charge < -0.3 is 14.9 Å². The molecule has 0 spiro atoms. The van der Waals surface area contributed by atoms with Gasteiger partial charge in [0.25, 0.3) is 0 Å². The zero-order valence-electron chi connectivity index (χ0n) is 20.8. The maximum atomic E-state index is 13.6. The standard InChI is InChI=1S/C27H30N4O4S2/c1-34-21-12-10-19(11-13-21)17-24(27(32)35-2)30-18-22(28-29-30)23-9-6-16-31(23)37(33)26-15-14-25(36-26)20-7-4-3-5-8-20/h3-5,7-8,10-15,18,23-24,28-29H,6,9,16-17H2,1-2H3/t23-,24-,37?/m0/s1. The Labute approximate surface area is 223 Å². The predicted octanol–water partition coefficient (Wildman–Crippen LogP) is 3.86. The van der Waals surface area contributed by atoms with E-state index in [0.717, 1.165) is 51.0 Å². The highest BCUT2D eigenvalue weighted by Crippen LogP contribution is 2.34. The van der Waals surface area contributed by atoms with Gasteiger partial charge in [-0.25, -0.2) is 13.3 Å². The Kier molecular flexibility index (Phi) is 7.90. The molecule has 0 amide bonds. The summed E-state index contributed by atoms with van der Waals surface area (Å²) in [6.07, 6.45) is 4.17. The van der Waals surface area contributed by atoms with Crippen LogP contribution < -0.4 is 15.7 Å². The fraction of sp³-hybridized carbons (Fsp3) is 0.296. The van der Waals surface area contributed by atoms with E-state index < -0.39 is 17.0 Å². The van der Waals surface area contributed by atoms with Crippen LogP contribution in [-0.2, 0) is 26.9 Å². The summed E-state index contributed by atoms with van der Waals surface area (Å²) in [6.45, 7) is 0.737. The summed E-state index contributed by atoms with van der Waals surface area (Å²) < 4.78 is 26.8. The molecule has 10 heteroatoms. The first-order valence-corrected chi connectivity index (χ1v) is 14.1. The van der Waals surface area contributed by atoms with E-state index in [2.05, 4.69) is 23.1 Å². The average Bonchev–Trinajstić information content (AvgIpc) is 3.72. The third kappa shape index (κ3) is 5.57. The van der Waals surface area contributed by atoms with Crippen LogP contribution in [0.15, 0.2) is 82.8 Å². The Bertz CT molecular complexity index is 1280. The van der Waals surface area contributed by atoms with Crippen molar-refractivity contribution in [3.05, 3.63) is 84.2 Å². The Hall–Kier alpha value is -3.18. The quantitative estimate of drug-likeness (QED) is 0.401. The number of methoxy groups -OCH3 is 2. The molecule has 1 fully saturated rings. The second kappa shape index (κ2) is 11.5. The third-order valence-corrected chi connectivity index (χ3v) is 9.54. The van der Waals surface area contributed by atoms with E-state index in [1.54, 1.807) is 23.5 Å². The Morgan fingerprint density at radius 1 is 1.11 bits per heavy atom. The number of benzene rings is 2. The van der Waals surface area contributed by atoms with Crippen LogP contribution in [0.4, 0.5) is 0 Å². The number of hydrogen-bond acceptors (Lipinski definition) is 8. The van der Waals surface area contributed by atoms with Crippen molar-refractivity contribution in [3.63, 3.8) is 0 Å². The number of esters is 1. The summed E-state index contributed by atoms with van der Waals surface area (Å²) in [6, 6.07) is 21.1. The molecule has 37 heavy (non-hydrogen) atoms. The average molecular weight is 539 g/mol. The molecule has 3 atom stereocenters. The molecule has 0 aliphatic carbocycles. The fourth-order valence-electron chi connectivity index (χ4n) is 4.63. The molecule has 1 unspecified atom stereocenters. The van der Waals surface area contributed by atoms with Gasteiger partial charge in [-0.05, 0) is 48.2 Å². The van der Waals surface area contributed by atoms with Crippen LogP contribution in [0.25, 0.3) is 10.4 Å². The predicted molar refractivity (Wildman–Crippen MR) is 145 cm³/mol. The maximum absolute atomic E-state index is 13.6. The molecular weight excluding hydrogens is 508 g/mol. The number of hydrazine groups is 2. The lowest BCUT2D eigenvalue weighted by atomic mass is 10.1. The van der Waals surface area contributed by atoms with Gasteiger partial charge in [-0.1, -0.05) is 42.5 Å². The lowest BCUT2D eigenvalue weighted by Gasteiger charge is -2.25. The van der Waals surface area contributed by atoms with Crippen LogP contribution in [0.5, 0.6) is 5.75 Å². The zero-order chi connectivity index (χ0) is 25.8. The number of nitrogens with zero attached hydrogens (tertiary/aromatic N) is 2. The molecule has 0 radical (unpaired) electrons. The third-order valence-electron chi connectivity index (χ3n) is 6.59. The van der Waals surface area contributed by atoms with E-state index in [0.29, 0.717) is 6.42 Å². The summed E-state index contributed by atoms with van der Waals surface area (Å²) in [7, 11) is 1.73. The summed E-state index contributed by atoms with van der Waals surface area (Å²) in [5.74, 6) is 0.416. The van der Waals surface area contributed by atoms with Gasteiger partial charge in [0, 0.05) is 24.0 Å². The van der Waals surface area contributed by atoms with E-state index in [4.69, 9.17) is 9.47 Å². The van der Waals surface area contributed by atoms with Gasteiger partial charge in [0.1, 0.15) is 27.0 Å². The molecule has 0 saturated carbocycles. The minimum atomic E-state index is -1.28. The van der Waals surface area contributed by atoms with Gasteiger partial charge in [0.2, 0.25) is 0 Å². The van der Waals surface area contributed by atoms with Crippen molar-refractivity contribution in [1.82, 2.24) is 20.3 Å². The molecule has 3 heterocycles. The highest BCUT2D eigenvalue weighted by Gasteiger charge is 2.37. The molecule has 5 rings (SSSR count). The molecule has 0 bridgehead atoms. The second-order valence-electron chi connectivity index (χ2n) is 8.85. The van der Waals surface area contributed by atoms with Crippen LogP contribution in [0.2, 0.25) is 0 Å². The first kappa shape index (κ1) is 25.5. The minimum Gasteiger partial charge on any atom is -0.497 e. The molecule has 1 saturated heterocycles. The molecule has 2 aromatic carbocycles. The van der Waals surface area contributed by atoms with Gasteiger partial charge in [0.05, 0.1) is 26.0 Å². The molecule has 2 aliphatic heterocycles. The van der Waals surface area contributed by atoms with Crippen molar-refractivity contribution in [2.75, 3.05) is 20.8 Å². The van der Waals surface area contributed by atoms with Crippen LogP contribution in [0, 0.1) is 0 Å². The molecule has 3 aromatic rings. The summed E-state index contributed by atoms with van der Waals surface area (Å²) in [4.78, 5) is 13.8. The second-order valence-corrected chi connectivity index (χ2v) is 11.6. The molecule has 2 N–H and O–H groups in total. The SMILES string of the molecule is COC(=O)[C@H](Cc1ccc(OC)cc1)N1C=C([C@@H]2CCCN2S(=O)c2ccc(-c3ccccc3)s2)NN1. The van der Waals surface area contributed by atoms with Gasteiger partial charge in [0.15, 0.2) is 0 Å². The normalized spacial score (nSPS) is 19.2. The first-order valence-electron chi connectivity index (χ1n) is 12.1. The number of carbonyl (C=O) groups is 1. The highest BCUT2D eigenvalue weighted by molar-refractivity contribution is 7.85. The van der Waals surface area contributed by atoms with E-state index in [1.807, 2.05) is 65.1 Å². The zero-order valence-corrected chi connectivity index (χ0v) is 22.4. The number of thiophene rings is 1. The van der Waals surface area contributed by atoms with E-state index >= 15 is 0 Å². The Morgan fingerprint density at radius 2 is 1.89 bits per heavy atom. The van der Waals surface area contributed by atoms with Gasteiger partial charge in [-0.3, -0.25) is 5.01 Å². The number of ether oxygens (including phenoxy) is 2. The molecule has 8 nitrogen and oxygen atoms in total. The summed E-state index contributed by atoms with van der Waals surface area (Å²) >= 11 is 1.56. The lowest BCUT2D eigenvalue weighted by molar-refractivity contribution is -0.147. The first-order chi connectivity index (χ1) is 18.1. The largest absolute Gasteiger partial charge is 0.497 e. The smallest absolute Gasteiger partial charge is 0.330 e. The van der Waals surface area contributed by atoms with Crippen molar-refractivity contribution >= 4 is 28.3 Å². The van der Waals surface area contributed by atoms with Crippen LogP contribution >= 0.6 is 11.3 Å². The number of rotatable bonds is 9. The van der Waals surface area contributed by atoms with E-state index in [-0.39, 0.29) is 12.0 Å². The number of carbonyl (C=O) groups excluding carboxylic acids is 1. The molecule has 2 aliphatic rings. The summed E-state index contributed by atoms with van der Waals surface area (Å²) in [5.41, 5.74) is 9.31. The Balaban J connectivity index is 1.31. The van der Waals surface area contributed by atoms with Crippen LogP contribution in [-0.4, -0.2) is 52.3 Å². The molecular formula is C27H30N4O4S2. The van der Waals surface area contributed by atoms with E-state index in [1.165, 1.54) is 7.11 Å². The lowest BCUT2D eigenvalue weighted by Crippen LogP contribution is -2.49. The van der Waals surface area contributed by atoms with E-state index in [9.17, 15) is 9.00 Å². The highest BCUT2D eigenvalue weighted by atomic mass is 32.2. The van der Waals surface area contributed by atoms with Crippen LogP contribution in [0.3, 0.4) is 0 Å². The van der Waals surface area contributed by atoms with Gasteiger partial charge in [-0.15, -0.1) is 16.9 Å². The fourth-order valence-corrected chi connectivity index (χ4v) is 7.38. The van der Waals surface area contributed by atoms with Gasteiger partial charge in [-0.2, -0.15) is 0 Å². The van der Waals surface area contributed by atoms with Crippen molar-refractivity contribution in [2.45, 2.75) is 35.6 Å². The monoisotopic (exact) mass is 538 g/mol. The van der Waals surface area contributed by atoms with Gasteiger partial charge >= 0.3 is 5.97 Å². The molecule has 194 valence electrons. The maximum Gasteiger partial charge on any atom is 0.330 e. The van der Waals surface area contributed by atoms with Crippen molar-refractivity contribution in [3.8, 4) is 16.2 Å². The number of nitrogens with one attached hydrogen (secondary N) is 2. The summed E-state index contributed by atoms with van der Waals surface area (Å²) in [5, 5.41) is 1.74. The minimum absolute atomic E-state index is 0.0557. The topological polar surface area (TPSA) is 83.1 Å². The van der Waals surface area contributed by atoms with Crippen molar-refractivity contribution < 1.29 is 18.5 Å².